The van der Waals surface area contributed by atoms with Gasteiger partial charge in [0.05, 0.1) is 105 Å². The molecule has 10 aromatic heterocycles. The Kier molecular flexibility index (Phi) is 32.8. The number of ether oxygens (including phenoxy) is 7. The summed E-state index contributed by atoms with van der Waals surface area (Å²) in [5, 5.41) is 117. The highest BCUT2D eigenvalue weighted by Gasteiger charge is 2.56. The Morgan fingerprint density at radius 3 is 1.06 bits per heavy atom. The monoisotopic (exact) mass is 1860 g/mol. The Balaban J connectivity index is 0.000000208. The van der Waals surface area contributed by atoms with Gasteiger partial charge >= 0.3 is 5.24 Å². The minimum Gasteiger partial charge on any atom is -0.447 e. The third-order valence-electron chi connectivity index (χ3n) is 22.9. The fourth-order valence-electron chi connectivity index (χ4n) is 12.8. The van der Waals surface area contributed by atoms with Gasteiger partial charge in [-0.05, 0) is 146 Å². The van der Waals surface area contributed by atoms with Gasteiger partial charge in [0, 0.05) is 15.0 Å². The van der Waals surface area contributed by atoms with Crippen molar-refractivity contribution >= 4 is 121 Å². The lowest BCUT2D eigenvalue weighted by molar-refractivity contribution is -0.0581. The molecule has 0 saturated carbocycles. The van der Waals surface area contributed by atoms with Crippen LogP contribution in [0.25, 0.3) is 55.8 Å². The fourth-order valence-corrected chi connectivity index (χ4v) is 16.1. The summed E-state index contributed by atoms with van der Waals surface area (Å²) in [7, 11) is -5.66. The summed E-state index contributed by atoms with van der Waals surface area (Å²) in [5.41, 5.74) is 9.71. The van der Waals surface area contributed by atoms with Crippen LogP contribution in [0, 0.1) is 34.6 Å². The number of aliphatic hydroxyl groups excluding tert-OH is 6. The van der Waals surface area contributed by atoms with Crippen molar-refractivity contribution in [3.05, 3.63) is 60.1 Å². The molecular formula is C74H124IN25O16SSi3. The first-order valence-corrected chi connectivity index (χ1v) is 48.5. The molecule has 10 aromatic rings. The number of hydrogen-bond donors (Lipinski definition) is 6. The number of fused-ring (bicyclic) bond motifs is 6. The average Bonchev–Trinajstić information content (AvgIpc) is 1.60. The lowest BCUT2D eigenvalue weighted by Crippen LogP contribution is -2.44. The molecule has 6 N–H and O–H groups in total. The van der Waals surface area contributed by atoms with Crippen LogP contribution < -0.4 is 0 Å². The van der Waals surface area contributed by atoms with Crippen molar-refractivity contribution < 1.29 is 79.8 Å². The highest BCUT2D eigenvalue weighted by atomic mass is 127. The summed E-state index contributed by atoms with van der Waals surface area (Å²) in [6.07, 6.45) is 2.38. The third-order valence-corrected chi connectivity index (χ3v) is 36.6. The molecule has 120 heavy (non-hydrogen) atoms. The van der Waals surface area contributed by atoms with Crippen LogP contribution in [0.15, 0.2) is 31.6 Å². The van der Waals surface area contributed by atoms with Gasteiger partial charge in [-0.25, -0.2) is 24.9 Å². The van der Waals surface area contributed by atoms with Crippen molar-refractivity contribution in [1.29, 1.82) is 0 Å². The molecule has 0 amide bonds. The maximum atomic E-state index is 10.5. The number of aromatic nitrogens is 25. The van der Waals surface area contributed by atoms with Crippen molar-refractivity contribution in [3.8, 4) is 0 Å². The van der Waals surface area contributed by atoms with E-state index in [9.17, 15) is 20.4 Å². The van der Waals surface area contributed by atoms with Crippen LogP contribution in [0.5, 0.6) is 0 Å². The van der Waals surface area contributed by atoms with E-state index in [4.69, 9.17) is 71.6 Å². The molecular weight excluding hydrogens is 1740 g/mol. The van der Waals surface area contributed by atoms with E-state index in [2.05, 4.69) is 204 Å². The van der Waals surface area contributed by atoms with Crippen LogP contribution in [0.4, 0.5) is 0 Å². The molecule has 0 bridgehead atoms. The minimum absolute atomic E-state index is 0. The lowest BCUT2D eigenvalue weighted by Gasteiger charge is -2.37. The second-order valence-electron chi connectivity index (χ2n) is 33.7. The quantitative estimate of drug-likeness (QED) is 0.0227. The molecule has 1 unspecified atom stereocenters. The molecule has 41 nitrogen and oxygen atoms in total. The highest BCUT2D eigenvalue weighted by Crippen LogP contribution is 2.44. The Hall–Kier alpha value is -7.09. The predicted octanol–water partition coefficient (Wildman–Crippen LogP) is 8.85. The van der Waals surface area contributed by atoms with Crippen molar-refractivity contribution in [2.75, 3.05) is 37.9 Å². The van der Waals surface area contributed by atoms with E-state index in [-0.39, 0.29) is 107 Å². The number of thiocarbonyl (C=S) groups is 1. The van der Waals surface area contributed by atoms with Gasteiger partial charge in [0.15, 0.2) is 84.1 Å². The number of halogens is 1. The number of hydrogen-bond acceptors (Lipinski definition) is 37. The van der Waals surface area contributed by atoms with Crippen LogP contribution >= 0.6 is 34.8 Å². The van der Waals surface area contributed by atoms with E-state index >= 15 is 0 Å². The van der Waals surface area contributed by atoms with E-state index in [0.29, 0.717) is 69.4 Å². The van der Waals surface area contributed by atoms with Crippen LogP contribution in [0.2, 0.25) is 54.4 Å². The maximum absolute atomic E-state index is 10.5. The van der Waals surface area contributed by atoms with E-state index in [1.54, 1.807) is 64.6 Å². The summed E-state index contributed by atoms with van der Waals surface area (Å²) in [6.45, 7) is 43.1. The van der Waals surface area contributed by atoms with Gasteiger partial charge in [-0.3, -0.25) is 22.8 Å². The molecule has 6 fully saturated rings. The summed E-state index contributed by atoms with van der Waals surface area (Å²) in [6, 6.07) is 0. The predicted molar refractivity (Wildman–Crippen MR) is 464 cm³/mol. The van der Waals surface area contributed by atoms with Crippen LogP contribution in [0.1, 0.15) is 180 Å². The average molecular weight is 1870 g/mol. The second kappa shape index (κ2) is 40.7. The standard InChI is InChI=1S/C17H25N5O4SSi.C16H27N5O4Si.C16H27N5O2Si.C10H13N5O4.C10H13N5O2.CH3I.4CH4/c1-9-11-14(20-21-19-9)22(8-18-11)15-13-12(25-16(27)26-13)10(24-15)7-23-28(5,6)17(2,3)4;1-9-11-14(19-20-18-9)21(8-17-11)15-13(23)12(22)10(25-15)7-24-26(5,6)16(2,3)4;1-11-14-15(19-20-18-11)21(10-17-14)13-8-7-12(23-13)9-22-24(5,6)16(2,3)4;1-4-6-9(13-14-12-4)15(3-11-6)10-8(18)7(17)5(2-16)19-10;1-6-9-10(13-14-12-6)15(5-11-9)8-3-2-7(4-16)17-8;1-2;;;;/h8,10,12-13,15H,7H2,1-6H3;8,10,12-13,15,22-23H,7H2,1-6H3;10,12-13H,7-9H2,1-6H3;3,5,7-8,10,16-18H,2H2,1H3;5,7-8,16H,2-4H2,1H3;1H3;4*1H4/t2*10-,12-,13-,15-;12-,13+;5-,7-,8-,10-;7-,8+;;;;;/m11010...../s1/i;;;;;1TD;;;;. The summed E-state index contributed by atoms with van der Waals surface area (Å²) >= 11 is 6.82. The molecule has 0 aromatic carbocycles. The number of imidazole rings is 5. The van der Waals surface area contributed by atoms with Crippen LogP contribution in [-0.4, -0.2) is 291 Å². The Labute approximate surface area is 724 Å². The van der Waals surface area contributed by atoms with Crippen LogP contribution in [0.3, 0.4) is 0 Å². The molecule has 6 aliphatic heterocycles. The molecule has 6 aliphatic rings. The maximum Gasteiger partial charge on any atom is 0.353 e. The molecule has 0 spiro atoms. The first kappa shape index (κ1) is 96.7. The topological polar surface area (TPSA) is 496 Å². The van der Waals surface area contributed by atoms with Crippen molar-refractivity contribution in [1.82, 2.24) is 125 Å². The van der Waals surface area contributed by atoms with Gasteiger partial charge in [0.25, 0.3) is 0 Å². The fraction of sp³-hybridized carbons (Fsp3) is 0.716. The number of nitrogens with zero attached hydrogens (tertiary/aromatic N) is 25. The van der Waals surface area contributed by atoms with E-state index < -0.39 is 91.2 Å². The van der Waals surface area contributed by atoms with Crippen LogP contribution in [-0.2, 0) is 46.4 Å². The van der Waals surface area contributed by atoms with E-state index in [0.717, 1.165) is 53.8 Å². The zero-order valence-electron chi connectivity index (χ0n) is 70.8. The van der Waals surface area contributed by atoms with Gasteiger partial charge in [0.1, 0.15) is 82.8 Å². The normalized spacial score (nSPS) is 25.8. The number of aliphatic hydroxyl groups is 6. The minimum atomic E-state index is -1.99. The van der Waals surface area contributed by atoms with Gasteiger partial charge in [0.2, 0.25) is 0 Å². The van der Waals surface area contributed by atoms with Gasteiger partial charge < -0.3 is 77.1 Å². The van der Waals surface area contributed by atoms with E-state index in [1.807, 2.05) is 29.9 Å². The molecule has 666 valence electrons. The highest BCUT2D eigenvalue weighted by molar-refractivity contribution is 14.1. The van der Waals surface area contributed by atoms with Gasteiger partial charge in [-0.1, -0.05) is 115 Å². The number of rotatable bonds is 16. The van der Waals surface area contributed by atoms with Crippen molar-refractivity contribution in [2.45, 2.75) is 305 Å². The summed E-state index contributed by atoms with van der Waals surface area (Å²) in [4.78, 5) is 20.8. The number of aryl methyl sites for hydroxylation is 5. The van der Waals surface area contributed by atoms with E-state index in [1.165, 1.54) is 17.2 Å². The Morgan fingerprint density at radius 2 is 0.717 bits per heavy atom. The molecule has 16 rings (SSSR count). The molecule has 16 heterocycles. The molecule has 6 saturated heterocycles. The van der Waals surface area contributed by atoms with Crippen molar-refractivity contribution in [2.24, 2.45) is 0 Å². The largest absolute Gasteiger partial charge is 0.447 e. The first-order valence-electron chi connectivity index (χ1n) is 39.2. The molecule has 17 atom stereocenters. The van der Waals surface area contributed by atoms with Crippen molar-refractivity contribution in [3.63, 3.8) is 0 Å². The molecule has 46 heteroatoms. The second-order valence-corrected chi connectivity index (χ2v) is 48.5. The first-order chi connectivity index (χ1) is 55.5. The lowest BCUT2D eigenvalue weighted by atomic mass is 10.1. The smallest absolute Gasteiger partial charge is 0.353 e. The summed E-state index contributed by atoms with van der Waals surface area (Å²) < 4.78 is 81.0. The molecule has 0 aliphatic carbocycles. The third kappa shape index (κ3) is 21.3. The Bertz CT molecular complexity index is 5060. The van der Waals surface area contributed by atoms with Gasteiger partial charge in [-0.15, -0.1) is 51.0 Å². The SMILES string of the molecule is C.C.C.C.Cc1nnnc2c1ncn2[C@@H]1O[C@H](CO)[C@@H](O)[C@H]1O.Cc1nnnc2c1ncn2[C@@H]1O[C@H](CO[Si](C)(C)C(C)(C)C)[C@@H](O)[C@H]1O.Cc1nnnc2c1ncn2[C@@H]1O[C@H](CO[Si](C)(C)C(C)(C)C)[C@H]2OC(=S)O[C@H]21.Cc1nnnc2c1ncn2[C@H]1CC[C@@H](CO)O1.Cc1nnnc2c1ncn2[C@H]1CC[C@@H](CO[Si](C)(C)C(C)(C)C)O1.[2H]C([3H])I. The zero-order valence-corrected chi connectivity index (χ0v) is 74.8. The van der Waals surface area contributed by atoms with Gasteiger partial charge in [-0.2, -0.15) is 0 Å². The number of alkyl halides is 1. The molecule has 0 radical (unpaired) electrons. The zero-order chi connectivity index (χ0) is 86.1. The summed E-state index contributed by atoms with van der Waals surface area (Å²) in [5.74, 6) is 0. The Morgan fingerprint density at radius 1 is 0.425 bits per heavy atom.